The van der Waals surface area contributed by atoms with Crippen LogP contribution in [0.5, 0.6) is 0 Å². The van der Waals surface area contributed by atoms with E-state index in [0.29, 0.717) is 6.04 Å². The van der Waals surface area contributed by atoms with E-state index in [0.717, 1.165) is 31.9 Å². The van der Waals surface area contributed by atoms with Crippen molar-refractivity contribution in [1.29, 1.82) is 0 Å². The van der Waals surface area contributed by atoms with E-state index >= 15 is 0 Å². The molecule has 15 heavy (non-hydrogen) atoms. The lowest BCUT2D eigenvalue weighted by atomic mass is 10.1. The predicted octanol–water partition coefficient (Wildman–Crippen LogP) is 1.18. The van der Waals surface area contributed by atoms with E-state index < -0.39 is 0 Å². The van der Waals surface area contributed by atoms with E-state index in [1.165, 1.54) is 5.56 Å². The van der Waals surface area contributed by atoms with Gasteiger partial charge >= 0.3 is 0 Å². The molecule has 0 aliphatic carbocycles. The quantitative estimate of drug-likeness (QED) is 0.786. The Balaban J connectivity index is 1.98. The summed E-state index contributed by atoms with van der Waals surface area (Å²) in [5, 5.41) is 3.40. The fourth-order valence-corrected chi connectivity index (χ4v) is 1.94. The number of rotatable bonds is 2. The number of nitrogens with one attached hydrogen (secondary N) is 1. The summed E-state index contributed by atoms with van der Waals surface area (Å²) in [6, 6.07) is 4.89. The lowest BCUT2D eigenvalue weighted by Crippen LogP contribution is -2.49. The standard InChI is InChI=1S/C12H19N3/c1-10-3-4-12(8-14-10)9-15-6-5-13-7-11(15)2/h3-4,8,11,13H,5-7,9H2,1-2H3/t11-/m1/s1. The summed E-state index contributed by atoms with van der Waals surface area (Å²) >= 11 is 0. The van der Waals surface area contributed by atoms with Gasteiger partial charge in [-0.2, -0.15) is 0 Å². The molecule has 1 aromatic rings. The number of pyridine rings is 1. The Bertz CT molecular complexity index is 307. The molecule has 0 radical (unpaired) electrons. The van der Waals surface area contributed by atoms with Crippen LogP contribution >= 0.6 is 0 Å². The first-order valence-electron chi connectivity index (χ1n) is 5.62. The molecule has 2 rings (SSSR count). The largest absolute Gasteiger partial charge is 0.314 e. The number of piperazine rings is 1. The lowest BCUT2D eigenvalue weighted by Gasteiger charge is -2.33. The van der Waals surface area contributed by atoms with Crippen molar-refractivity contribution < 1.29 is 0 Å². The zero-order valence-electron chi connectivity index (χ0n) is 9.53. The van der Waals surface area contributed by atoms with E-state index in [4.69, 9.17) is 0 Å². The van der Waals surface area contributed by atoms with Crippen LogP contribution in [0.25, 0.3) is 0 Å². The Morgan fingerprint density at radius 1 is 1.53 bits per heavy atom. The first kappa shape index (κ1) is 10.6. The van der Waals surface area contributed by atoms with Crippen LogP contribution in [0.4, 0.5) is 0 Å². The van der Waals surface area contributed by atoms with Crippen molar-refractivity contribution in [3.63, 3.8) is 0 Å². The summed E-state index contributed by atoms with van der Waals surface area (Å²) < 4.78 is 0. The maximum atomic E-state index is 4.33. The highest BCUT2D eigenvalue weighted by atomic mass is 15.2. The molecule has 0 spiro atoms. The summed E-state index contributed by atoms with van der Waals surface area (Å²) in [4.78, 5) is 6.83. The third-order valence-electron chi connectivity index (χ3n) is 3.00. The lowest BCUT2D eigenvalue weighted by molar-refractivity contribution is 0.165. The third-order valence-corrected chi connectivity index (χ3v) is 3.00. The van der Waals surface area contributed by atoms with Gasteiger partial charge in [0.15, 0.2) is 0 Å². The molecule has 1 atom stereocenters. The van der Waals surface area contributed by atoms with Crippen LogP contribution in [0.3, 0.4) is 0 Å². The van der Waals surface area contributed by atoms with Gasteiger partial charge in [-0.05, 0) is 25.5 Å². The highest BCUT2D eigenvalue weighted by Gasteiger charge is 2.17. The van der Waals surface area contributed by atoms with Crippen LogP contribution in [0.1, 0.15) is 18.2 Å². The SMILES string of the molecule is Cc1ccc(CN2CCNC[C@H]2C)cn1. The van der Waals surface area contributed by atoms with Gasteiger partial charge in [0, 0.05) is 44.1 Å². The van der Waals surface area contributed by atoms with Crippen molar-refractivity contribution in [2.24, 2.45) is 0 Å². The molecule has 2 heterocycles. The average molecular weight is 205 g/mol. The molecule has 1 aromatic heterocycles. The molecule has 3 nitrogen and oxygen atoms in total. The number of aryl methyl sites for hydroxylation is 1. The first-order chi connectivity index (χ1) is 7.25. The number of hydrogen-bond donors (Lipinski definition) is 1. The van der Waals surface area contributed by atoms with Crippen molar-refractivity contribution >= 4 is 0 Å². The molecule has 0 unspecified atom stereocenters. The van der Waals surface area contributed by atoms with Gasteiger partial charge in [-0.3, -0.25) is 9.88 Å². The van der Waals surface area contributed by atoms with Gasteiger partial charge in [0.2, 0.25) is 0 Å². The average Bonchev–Trinajstić information content (AvgIpc) is 2.25. The van der Waals surface area contributed by atoms with Crippen LogP contribution in [0.15, 0.2) is 18.3 Å². The van der Waals surface area contributed by atoms with Gasteiger partial charge in [-0.1, -0.05) is 6.07 Å². The molecule has 3 heteroatoms. The predicted molar refractivity (Wildman–Crippen MR) is 61.7 cm³/mol. The Labute approximate surface area is 91.5 Å². The molecule has 1 saturated heterocycles. The molecular formula is C12H19N3. The molecular weight excluding hydrogens is 186 g/mol. The number of aromatic nitrogens is 1. The monoisotopic (exact) mass is 205 g/mol. The van der Waals surface area contributed by atoms with Crippen LogP contribution in [0, 0.1) is 6.92 Å². The van der Waals surface area contributed by atoms with E-state index in [2.05, 4.69) is 34.3 Å². The Kier molecular flexibility index (Phi) is 3.34. The Morgan fingerprint density at radius 3 is 3.07 bits per heavy atom. The van der Waals surface area contributed by atoms with Crippen LogP contribution in [-0.4, -0.2) is 35.6 Å². The summed E-state index contributed by atoms with van der Waals surface area (Å²) in [6.45, 7) is 8.65. The Morgan fingerprint density at radius 2 is 2.40 bits per heavy atom. The second-order valence-electron chi connectivity index (χ2n) is 4.33. The van der Waals surface area contributed by atoms with E-state index in [1.54, 1.807) is 0 Å². The van der Waals surface area contributed by atoms with Crippen LogP contribution in [-0.2, 0) is 6.54 Å². The summed E-state index contributed by atoms with van der Waals surface area (Å²) in [5.74, 6) is 0. The normalized spacial score (nSPS) is 22.9. The smallest absolute Gasteiger partial charge is 0.0372 e. The minimum Gasteiger partial charge on any atom is -0.314 e. The van der Waals surface area contributed by atoms with Crippen molar-refractivity contribution in [3.05, 3.63) is 29.6 Å². The van der Waals surface area contributed by atoms with Crippen molar-refractivity contribution in [1.82, 2.24) is 15.2 Å². The summed E-state index contributed by atoms with van der Waals surface area (Å²) in [6.07, 6.45) is 1.99. The molecule has 1 fully saturated rings. The molecule has 0 bridgehead atoms. The zero-order chi connectivity index (χ0) is 10.7. The Hall–Kier alpha value is -0.930. The summed E-state index contributed by atoms with van der Waals surface area (Å²) in [7, 11) is 0. The first-order valence-corrected chi connectivity index (χ1v) is 5.62. The fraction of sp³-hybridized carbons (Fsp3) is 0.583. The number of nitrogens with zero attached hydrogens (tertiary/aromatic N) is 2. The van der Waals surface area contributed by atoms with E-state index in [9.17, 15) is 0 Å². The molecule has 0 aromatic carbocycles. The van der Waals surface area contributed by atoms with Gasteiger partial charge < -0.3 is 5.32 Å². The zero-order valence-corrected chi connectivity index (χ0v) is 9.53. The maximum absolute atomic E-state index is 4.33. The highest BCUT2D eigenvalue weighted by Crippen LogP contribution is 2.09. The van der Waals surface area contributed by atoms with Gasteiger partial charge in [0.05, 0.1) is 0 Å². The fourth-order valence-electron chi connectivity index (χ4n) is 1.94. The molecule has 0 amide bonds. The van der Waals surface area contributed by atoms with Crippen molar-refractivity contribution in [2.75, 3.05) is 19.6 Å². The second-order valence-corrected chi connectivity index (χ2v) is 4.33. The van der Waals surface area contributed by atoms with Crippen molar-refractivity contribution in [2.45, 2.75) is 26.4 Å². The van der Waals surface area contributed by atoms with E-state index in [-0.39, 0.29) is 0 Å². The van der Waals surface area contributed by atoms with Gasteiger partial charge in [0.1, 0.15) is 0 Å². The molecule has 1 N–H and O–H groups in total. The summed E-state index contributed by atoms with van der Waals surface area (Å²) in [5.41, 5.74) is 2.40. The third kappa shape index (κ3) is 2.76. The van der Waals surface area contributed by atoms with Crippen LogP contribution in [0.2, 0.25) is 0 Å². The van der Waals surface area contributed by atoms with Gasteiger partial charge in [-0.25, -0.2) is 0 Å². The highest BCUT2D eigenvalue weighted by molar-refractivity contribution is 5.13. The molecule has 0 saturated carbocycles. The maximum Gasteiger partial charge on any atom is 0.0372 e. The van der Waals surface area contributed by atoms with Gasteiger partial charge in [0.25, 0.3) is 0 Å². The van der Waals surface area contributed by atoms with Crippen molar-refractivity contribution in [3.8, 4) is 0 Å². The molecule has 82 valence electrons. The topological polar surface area (TPSA) is 28.2 Å². The number of hydrogen-bond acceptors (Lipinski definition) is 3. The molecule has 1 aliphatic rings. The van der Waals surface area contributed by atoms with Gasteiger partial charge in [-0.15, -0.1) is 0 Å². The molecule has 1 aliphatic heterocycles. The van der Waals surface area contributed by atoms with E-state index in [1.807, 2.05) is 13.1 Å². The van der Waals surface area contributed by atoms with Crippen LogP contribution < -0.4 is 5.32 Å². The minimum absolute atomic E-state index is 0.625. The second kappa shape index (κ2) is 4.73. The minimum atomic E-state index is 0.625.